The second-order valence-electron chi connectivity index (χ2n) is 7.28. The van der Waals surface area contributed by atoms with Crippen LogP contribution in [0.15, 0.2) is 36.7 Å². The van der Waals surface area contributed by atoms with E-state index in [-0.39, 0.29) is 17.6 Å². The van der Waals surface area contributed by atoms with E-state index in [9.17, 15) is 4.79 Å². The predicted octanol–water partition coefficient (Wildman–Crippen LogP) is 3.95. The average Bonchev–Trinajstić information content (AvgIpc) is 3.08. The number of hydrogen-bond donors (Lipinski definition) is 1. The summed E-state index contributed by atoms with van der Waals surface area (Å²) in [5.41, 5.74) is 1.53. The van der Waals surface area contributed by atoms with E-state index in [1.165, 1.54) is 0 Å². The standard InChI is InChI=1S/C19H25N3O2/c1-19(2,3)24-16-9-7-14(8-10-16)18(23)22-11-5-4-6-17(22)15-12-20-21-13-15/h7-10,12-13,17H,4-6,11H2,1-3H3,(H,20,21). The van der Waals surface area contributed by atoms with Crippen LogP contribution in [-0.4, -0.2) is 33.2 Å². The van der Waals surface area contributed by atoms with Crippen molar-refractivity contribution in [2.24, 2.45) is 0 Å². The van der Waals surface area contributed by atoms with Crippen LogP contribution >= 0.6 is 0 Å². The van der Waals surface area contributed by atoms with Crippen molar-refractivity contribution in [3.8, 4) is 5.75 Å². The summed E-state index contributed by atoms with van der Waals surface area (Å²) in [5, 5.41) is 6.88. The summed E-state index contributed by atoms with van der Waals surface area (Å²) in [7, 11) is 0. The van der Waals surface area contributed by atoms with Gasteiger partial charge in [0.1, 0.15) is 11.4 Å². The van der Waals surface area contributed by atoms with Gasteiger partial charge in [0.05, 0.1) is 12.2 Å². The number of H-pyrrole nitrogens is 1. The Bertz CT molecular complexity index is 672. The van der Waals surface area contributed by atoms with Crippen molar-refractivity contribution in [1.82, 2.24) is 15.1 Å². The van der Waals surface area contributed by atoms with Crippen LogP contribution in [0.2, 0.25) is 0 Å². The molecule has 2 aromatic rings. The van der Waals surface area contributed by atoms with Crippen LogP contribution in [-0.2, 0) is 0 Å². The number of aromatic amines is 1. The zero-order valence-electron chi connectivity index (χ0n) is 14.6. The number of aromatic nitrogens is 2. The summed E-state index contributed by atoms with van der Waals surface area (Å²) < 4.78 is 5.82. The molecule has 5 nitrogen and oxygen atoms in total. The zero-order valence-corrected chi connectivity index (χ0v) is 14.6. The molecule has 1 saturated heterocycles. The second-order valence-corrected chi connectivity index (χ2v) is 7.28. The number of nitrogens with one attached hydrogen (secondary N) is 1. The summed E-state index contributed by atoms with van der Waals surface area (Å²) in [6, 6.07) is 7.55. The van der Waals surface area contributed by atoms with E-state index >= 15 is 0 Å². The van der Waals surface area contributed by atoms with Crippen LogP contribution in [0.5, 0.6) is 5.75 Å². The average molecular weight is 327 g/mol. The lowest BCUT2D eigenvalue weighted by molar-refractivity contribution is 0.0611. The van der Waals surface area contributed by atoms with Gasteiger partial charge in [-0.1, -0.05) is 0 Å². The molecule has 0 bridgehead atoms. The first-order valence-electron chi connectivity index (χ1n) is 8.53. The minimum atomic E-state index is -0.245. The van der Waals surface area contributed by atoms with Gasteiger partial charge in [-0.15, -0.1) is 0 Å². The molecule has 1 unspecified atom stereocenters. The first-order chi connectivity index (χ1) is 11.4. The Morgan fingerprint density at radius 2 is 2.00 bits per heavy atom. The van der Waals surface area contributed by atoms with Crippen LogP contribution in [0.25, 0.3) is 0 Å². The van der Waals surface area contributed by atoms with Gasteiger partial charge in [0.2, 0.25) is 0 Å². The van der Waals surface area contributed by atoms with E-state index in [0.717, 1.165) is 37.1 Å². The predicted molar refractivity (Wildman–Crippen MR) is 93.0 cm³/mol. The van der Waals surface area contributed by atoms with Crippen LogP contribution in [0, 0.1) is 0 Å². The molecule has 1 aliphatic rings. The van der Waals surface area contributed by atoms with E-state index in [0.29, 0.717) is 5.56 Å². The summed E-state index contributed by atoms with van der Waals surface area (Å²) in [6.45, 7) is 6.81. The third-order valence-corrected chi connectivity index (χ3v) is 4.19. The maximum Gasteiger partial charge on any atom is 0.254 e. The number of rotatable bonds is 3. The molecule has 1 aromatic heterocycles. The molecule has 2 heterocycles. The Labute approximate surface area is 143 Å². The Hall–Kier alpha value is -2.30. The van der Waals surface area contributed by atoms with Crippen molar-refractivity contribution < 1.29 is 9.53 Å². The molecule has 3 rings (SSSR count). The molecule has 0 aliphatic carbocycles. The number of benzene rings is 1. The molecule has 0 saturated carbocycles. The van der Waals surface area contributed by atoms with E-state index in [2.05, 4.69) is 10.2 Å². The van der Waals surface area contributed by atoms with Crippen molar-refractivity contribution >= 4 is 5.91 Å². The third-order valence-electron chi connectivity index (χ3n) is 4.19. The molecule has 1 N–H and O–H groups in total. The lowest BCUT2D eigenvalue weighted by Crippen LogP contribution is -2.38. The fourth-order valence-electron chi connectivity index (χ4n) is 3.15. The molecule has 1 aromatic carbocycles. The highest BCUT2D eigenvalue weighted by molar-refractivity contribution is 5.94. The van der Waals surface area contributed by atoms with Gasteiger partial charge in [0, 0.05) is 23.9 Å². The van der Waals surface area contributed by atoms with Gasteiger partial charge >= 0.3 is 0 Å². The molecule has 0 spiro atoms. The summed E-state index contributed by atoms with van der Waals surface area (Å²) in [4.78, 5) is 14.9. The first-order valence-corrected chi connectivity index (χ1v) is 8.53. The fourth-order valence-corrected chi connectivity index (χ4v) is 3.15. The van der Waals surface area contributed by atoms with Crippen LogP contribution in [0.3, 0.4) is 0 Å². The molecular weight excluding hydrogens is 302 g/mol. The lowest BCUT2D eigenvalue weighted by atomic mass is 9.96. The maximum absolute atomic E-state index is 13.0. The molecule has 5 heteroatoms. The van der Waals surface area contributed by atoms with Crippen molar-refractivity contribution in [1.29, 1.82) is 0 Å². The lowest BCUT2D eigenvalue weighted by Gasteiger charge is -2.35. The third kappa shape index (κ3) is 3.78. The Morgan fingerprint density at radius 1 is 1.25 bits per heavy atom. The zero-order chi connectivity index (χ0) is 17.2. The topological polar surface area (TPSA) is 58.2 Å². The van der Waals surface area contributed by atoms with E-state index in [1.807, 2.05) is 62.3 Å². The molecule has 1 amide bonds. The van der Waals surface area contributed by atoms with Gasteiger partial charge in [0.15, 0.2) is 0 Å². The highest BCUT2D eigenvalue weighted by Crippen LogP contribution is 2.32. The van der Waals surface area contributed by atoms with Crippen LogP contribution in [0.4, 0.5) is 0 Å². The molecule has 1 aliphatic heterocycles. The molecule has 128 valence electrons. The number of ether oxygens (including phenoxy) is 1. The SMILES string of the molecule is CC(C)(C)Oc1ccc(C(=O)N2CCCCC2c2cn[nH]c2)cc1. The highest BCUT2D eigenvalue weighted by atomic mass is 16.5. The fraction of sp³-hybridized carbons (Fsp3) is 0.474. The molecule has 24 heavy (non-hydrogen) atoms. The second kappa shape index (κ2) is 6.67. The van der Waals surface area contributed by atoms with E-state index in [4.69, 9.17) is 4.74 Å². The Morgan fingerprint density at radius 3 is 2.62 bits per heavy atom. The van der Waals surface area contributed by atoms with Crippen molar-refractivity contribution in [3.63, 3.8) is 0 Å². The van der Waals surface area contributed by atoms with Gasteiger partial charge in [-0.3, -0.25) is 9.89 Å². The number of hydrogen-bond acceptors (Lipinski definition) is 3. The van der Waals surface area contributed by atoms with Gasteiger partial charge in [-0.05, 0) is 64.3 Å². The molecule has 1 atom stereocenters. The van der Waals surface area contributed by atoms with Crippen LogP contribution in [0.1, 0.15) is 62.0 Å². The number of likely N-dealkylation sites (tertiary alicyclic amines) is 1. The normalized spacial score (nSPS) is 18.5. The number of amides is 1. The summed E-state index contributed by atoms with van der Waals surface area (Å²) >= 11 is 0. The maximum atomic E-state index is 13.0. The smallest absolute Gasteiger partial charge is 0.254 e. The minimum Gasteiger partial charge on any atom is -0.488 e. The van der Waals surface area contributed by atoms with E-state index < -0.39 is 0 Å². The quantitative estimate of drug-likeness (QED) is 0.928. The van der Waals surface area contributed by atoms with Crippen molar-refractivity contribution in [3.05, 3.63) is 47.8 Å². The van der Waals surface area contributed by atoms with E-state index in [1.54, 1.807) is 0 Å². The van der Waals surface area contributed by atoms with Gasteiger partial charge in [-0.2, -0.15) is 5.10 Å². The van der Waals surface area contributed by atoms with Gasteiger partial charge in [0.25, 0.3) is 5.91 Å². The Balaban J connectivity index is 1.77. The first kappa shape index (κ1) is 16.6. The summed E-state index contributed by atoms with van der Waals surface area (Å²) in [5.74, 6) is 0.854. The molecule has 0 radical (unpaired) electrons. The minimum absolute atomic E-state index is 0.0724. The molecular formula is C19H25N3O2. The van der Waals surface area contributed by atoms with Crippen molar-refractivity contribution in [2.45, 2.75) is 51.7 Å². The van der Waals surface area contributed by atoms with Gasteiger partial charge < -0.3 is 9.64 Å². The summed E-state index contributed by atoms with van der Waals surface area (Å²) in [6.07, 6.45) is 6.87. The molecule has 1 fully saturated rings. The van der Waals surface area contributed by atoms with Crippen molar-refractivity contribution in [2.75, 3.05) is 6.54 Å². The largest absolute Gasteiger partial charge is 0.488 e. The number of nitrogens with zero attached hydrogens (tertiary/aromatic N) is 2. The van der Waals surface area contributed by atoms with Gasteiger partial charge in [-0.25, -0.2) is 0 Å². The number of piperidine rings is 1. The van der Waals surface area contributed by atoms with Crippen LogP contribution < -0.4 is 4.74 Å². The number of carbonyl (C=O) groups is 1. The highest BCUT2D eigenvalue weighted by Gasteiger charge is 2.29. The number of carbonyl (C=O) groups excluding carboxylic acids is 1. The monoisotopic (exact) mass is 327 g/mol. The Kier molecular flexibility index (Phi) is 4.60.